The van der Waals surface area contributed by atoms with Gasteiger partial charge in [0.2, 0.25) is 0 Å². The van der Waals surface area contributed by atoms with Gasteiger partial charge in [0.05, 0.1) is 22.2 Å². The smallest absolute Gasteiger partial charge is 0.418 e. The molecule has 13 heteroatoms. The summed E-state index contributed by atoms with van der Waals surface area (Å²) in [6.07, 6.45) is -4.33. The molecule has 0 saturated carbocycles. The Kier molecular flexibility index (Phi) is 7.48. The van der Waals surface area contributed by atoms with Crippen molar-refractivity contribution < 1.29 is 35.9 Å². The van der Waals surface area contributed by atoms with Crippen molar-refractivity contribution in [1.82, 2.24) is 4.31 Å². The Morgan fingerprint density at radius 3 is 2.47 bits per heavy atom. The zero-order valence-corrected chi connectivity index (χ0v) is 18.8. The molecular weight excluding hydrogens is 493 g/mol. The predicted molar refractivity (Wildman–Crippen MR) is 112 cm³/mol. The molecule has 0 atom stereocenters. The summed E-state index contributed by atoms with van der Waals surface area (Å²) < 4.78 is 70.8. The molecule has 0 aliphatic carbocycles. The molecule has 1 aliphatic rings. The molecule has 1 aromatic carbocycles. The minimum atomic E-state index is -4.73. The van der Waals surface area contributed by atoms with E-state index in [0.29, 0.717) is 0 Å². The van der Waals surface area contributed by atoms with Gasteiger partial charge in [-0.05, 0) is 36.4 Å². The Bertz CT molecular complexity index is 1080. The van der Waals surface area contributed by atoms with Crippen LogP contribution in [0.3, 0.4) is 0 Å². The molecule has 174 valence electrons. The van der Waals surface area contributed by atoms with Crippen molar-refractivity contribution in [1.29, 1.82) is 0 Å². The van der Waals surface area contributed by atoms with Crippen molar-refractivity contribution >= 4 is 50.5 Å². The number of alkyl halides is 3. The van der Waals surface area contributed by atoms with Crippen LogP contribution in [-0.2, 0) is 30.5 Å². The third-order valence-electron chi connectivity index (χ3n) is 4.81. The molecule has 32 heavy (non-hydrogen) atoms. The van der Waals surface area contributed by atoms with Gasteiger partial charge in [0, 0.05) is 13.1 Å². The summed E-state index contributed by atoms with van der Waals surface area (Å²) in [6.45, 7) is -0.573. The van der Waals surface area contributed by atoms with Crippen molar-refractivity contribution in [2.45, 2.75) is 23.2 Å². The van der Waals surface area contributed by atoms with E-state index in [1.165, 1.54) is 16.4 Å². The third-order valence-corrected chi connectivity index (χ3v) is 8.39. The minimum Gasteiger partial charge on any atom is -0.455 e. The van der Waals surface area contributed by atoms with Gasteiger partial charge >= 0.3 is 12.1 Å². The molecule has 1 saturated heterocycles. The van der Waals surface area contributed by atoms with Gasteiger partial charge < -0.3 is 10.1 Å². The fraction of sp³-hybridized carbons (Fsp3) is 0.368. The van der Waals surface area contributed by atoms with Crippen LogP contribution in [0.25, 0.3) is 0 Å². The molecule has 0 radical (unpaired) electrons. The summed E-state index contributed by atoms with van der Waals surface area (Å²) in [5.41, 5.74) is -1.74. The maximum atomic E-state index is 13.1. The summed E-state index contributed by atoms with van der Waals surface area (Å²) in [7, 11) is -3.62. The van der Waals surface area contributed by atoms with E-state index in [1.807, 2.05) is 5.32 Å². The zero-order valence-electron chi connectivity index (χ0n) is 16.4. The number of nitrogens with zero attached hydrogens (tertiary/aromatic N) is 1. The number of carbonyl (C=O) groups excluding carboxylic acids is 2. The molecule has 1 amide bonds. The first-order valence-electron chi connectivity index (χ1n) is 9.36. The van der Waals surface area contributed by atoms with Crippen molar-refractivity contribution in [3.05, 3.63) is 46.3 Å². The van der Waals surface area contributed by atoms with Crippen molar-refractivity contribution in [2.75, 3.05) is 25.0 Å². The first-order valence-corrected chi connectivity index (χ1v) is 12.1. The number of piperidine rings is 1. The number of rotatable bonds is 6. The zero-order chi connectivity index (χ0) is 23.5. The number of esters is 1. The number of hydrogen-bond acceptors (Lipinski definition) is 6. The summed E-state index contributed by atoms with van der Waals surface area (Å²) in [4.78, 5) is 24.3. The van der Waals surface area contributed by atoms with E-state index in [9.17, 15) is 31.2 Å². The molecule has 0 bridgehead atoms. The first-order chi connectivity index (χ1) is 15.0. The maximum Gasteiger partial charge on any atom is 0.418 e. The minimum absolute atomic E-state index is 0.112. The maximum absolute atomic E-state index is 13.1. The average Bonchev–Trinajstić information content (AvgIpc) is 3.28. The second-order valence-electron chi connectivity index (χ2n) is 6.93. The Balaban J connectivity index is 1.53. The van der Waals surface area contributed by atoms with E-state index < -0.39 is 51.9 Å². The standard InChI is InChI=1S/C19H18ClF3N2O5S2/c20-14-4-1-3-13(19(21,22)23)17(14)24-15(26)11-30-18(27)12-6-8-25(9-7-12)32(28,29)16-5-2-10-31-16/h1-5,10,12H,6-9,11H2,(H,24,26). The second-order valence-corrected chi connectivity index (χ2v) is 10.4. The molecule has 7 nitrogen and oxygen atoms in total. The molecular formula is C19H18ClF3N2O5S2. The summed E-state index contributed by atoms with van der Waals surface area (Å²) in [5.74, 6) is -2.32. The van der Waals surface area contributed by atoms with Crippen LogP contribution in [0.2, 0.25) is 5.02 Å². The van der Waals surface area contributed by atoms with Crippen molar-refractivity contribution in [3.63, 3.8) is 0 Å². The van der Waals surface area contributed by atoms with E-state index in [0.717, 1.165) is 23.5 Å². The highest BCUT2D eigenvalue weighted by Gasteiger charge is 2.35. The van der Waals surface area contributed by atoms with Gasteiger partial charge in [0.25, 0.3) is 15.9 Å². The van der Waals surface area contributed by atoms with E-state index in [-0.39, 0.29) is 35.2 Å². The topological polar surface area (TPSA) is 92.8 Å². The molecule has 0 spiro atoms. The fourth-order valence-corrected chi connectivity index (χ4v) is 6.02. The lowest BCUT2D eigenvalue weighted by atomic mass is 9.98. The molecule has 2 aromatic rings. The summed E-state index contributed by atoms with van der Waals surface area (Å²) >= 11 is 6.88. The molecule has 1 aromatic heterocycles. The molecule has 1 N–H and O–H groups in total. The Labute approximate surface area is 191 Å². The predicted octanol–water partition coefficient (Wildman–Crippen LogP) is 4.00. The van der Waals surface area contributed by atoms with Crippen molar-refractivity contribution in [2.24, 2.45) is 5.92 Å². The molecule has 0 unspecified atom stereocenters. The van der Waals surface area contributed by atoms with Crippen LogP contribution >= 0.6 is 22.9 Å². The number of carbonyl (C=O) groups is 2. The Morgan fingerprint density at radius 1 is 1.19 bits per heavy atom. The molecule has 1 aliphatic heterocycles. The lowest BCUT2D eigenvalue weighted by Crippen LogP contribution is -2.40. The van der Waals surface area contributed by atoms with Crippen LogP contribution in [-0.4, -0.2) is 44.3 Å². The fourth-order valence-electron chi connectivity index (χ4n) is 3.19. The number of thiophene rings is 1. The molecule has 2 heterocycles. The van der Waals surface area contributed by atoms with Crippen LogP contribution in [0.15, 0.2) is 39.9 Å². The number of hydrogen-bond donors (Lipinski definition) is 1. The number of halogens is 4. The summed E-state index contributed by atoms with van der Waals surface area (Å²) in [6, 6.07) is 6.20. The normalized spacial score (nSPS) is 16.0. The van der Waals surface area contributed by atoms with Gasteiger partial charge in [-0.3, -0.25) is 9.59 Å². The first kappa shape index (κ1) is 24.5. The number of nitrogens with one attached hydrogen (secondary N) is 1. The van der Waals surface area contributed by atoms with E-state index >= 15 is 0 Å². The monoisotopic (exact) mass is 510 g/mol. The van der Waals surface area contributed by atoms with Crippen LogP contribution in [0.5, 0.6) is 0 Å². The number of amides is 1. The lowest BCUT2D eigenvalue weighted by molar-refractivity contribution is -0.152. The number of sulfonamides is 1. The molecule has 1 fully saturated rings. The Hall–Kier alpha value is -2.15. The van der Waals surface area contributed by atoms with Gasteiger partial charge in [-0.1, -0.05) is 23.7 Å². The number of benzene rings is 1. The highest BCUT2D eigenvalue weighted by Crippen LogP contribution is 2.38. The van der Waals surface area contributed by atoms with Crippen LogP contribution in [0.4, 0.5) is 18.9 Å². The van der Waals surface area contributed by atoms with E-state index in [4.69, 9.17) is 16.3 Å². The Morgan fingerprint density at radius 2 is 1.88 bits per heavy atom. The van der Waals surface area contributed by atoms with Gasteiger partial charge in [-0.15, -0.1) is 11.3 Å². The second kappa shape index (κ2) is 9.77. The van der Waals surface area contributed by atoms with Crippen LogP contribution in [0, 0.1) is 5.92 Å². The van der Waals surface area contributed by atoms with Gasteiger partial charge in [0.15, 0.2) is 6.61 Å². The molecule has 3 rings (SSSR count). The SMILES string of the molecule is O=C(COC(=O)C1CCN(S(=O)(=O)c2cccs2)CC1)Nc1c(Cl)cccc1C(F)(F)F. The van der Waals surface area contributed by atoms with Gasteiger partial charge in [-0.2, -0.15) is 17.5 Å². The van der Waals surface area contributed by atoms with Crippen molar-refractivity contribution in [3.8, 4) is 0 Å². The summed E-state index contributed by atoms with van der Waals surface area (Å²) in [5, 5.41) is 3.38. The van der Waals surface area contributed by atoms with Crippen LogP contribution < -0.4 is 5.32 Å². The van der Waals surface area contributed by atoms with Gasteiger partial charge in [0.1, 0.15) is 4.21 Å². The van der Waals surface area contributed by atoms with Crippen LogP contribution in [0.1, 0.15) is 18.4 Å². The van der Waals surface area contributed by atoms with E-state index in [2.05, 4.69) is 0 Å². The number of anilines is 1. The number of ether oxygens (including phenoxy) is 1. The van der Waals surface area contributed by atoms with Gasteiger partial charge in [-0.25, -0.2) is 8.42 Å². The average molecular weight is 511 g/mol. The largest absolute Gasteiger partial charge is 0.455 e. The quantitative estimate of drug-likeness (QED) is 0.593. The third kappa shape index (κ3) is 5.61. The highest BCUT2D eigenvalue weighted by molar-refractivity contribution is 7.91. The lowest BCUT2D eigenvalue weighted by Gasteiger charge is -2.29. The highest BCUT2D eigenvalue weighted by atomic mass is 35.5. The number of para-hydroxylation sites is 1. The van der Waals surface area contributed by atoms with E-state index in [1.54, 1.807) is 11.4 Å².